The average molecular weight is 166 g/mol. The van der Waals surface area contributed by atoms with Gasteiger partial charge in [0, 0.05) is 18.6 Å². The first-order valence-electron chi connectivity index (χ1n) is 4.47. The first-order chi connectivity index (χ1) is 5.66. The standard InChI is InChI=1S/C10H18N2/c1-9-3-5-10(2,6-4-9)12-8-7-11/h3-5,12H,6-8,11H2,1-2H3. The number of hydrogen-bond donors (Lipinski definition) is 2. The number of rotatable bonds is 3. The Morgan fingerprint density at radius 2 is 2.42 bits per heavy atom. The number of hydrogen-bond acceptors (Lipinski definition) is 2. The van der Waals surface area contributed by atoms with Crippen molar-refractivity contribution in [2.45, 2.75) is 25.8 Å². The monoisotopic (exact) mass is 166 g/mol. The lowest BCUT2D eigenvalue weighted by molar-refractivity contribution is 0.443. The van der Waals surface area contributed by atoms with Crippen LogP contribution in [-0.2, 0) is 0 Å². The van der Waals surface area contributed by atoms with Crippen LogP contribution in [0.25, 0.3) is 0 Å². The third kappa shape index (κ3) is 2.47. The summed E-state index contributed by atoms with van der Waals surface area (Å²) in [5, 5.41) is 3.41. The Hall–Kier alpha value is -0.600. The molecule has 0 radical (unpaired) electrons. The molecule has 0 saturated carbocycles. The fraction of sp³-hybridized carbons (Fsp3) is 0.600. The molecule has 1 unspecified atom stereocenters. The second-order valence-electron chi connectivity index (χ2n) is 3.62. The SMILES string of the molecule is CC1=CCC(C)(NCCN)C=C1. The minimum absolute atomic E-state index is 0.124. The molecule has 1 atom stereocenters. The number of allylic oxidation sites excluding steroid dienone is 2. The molecule has 3 N–H and O–H groups in total. The average Bonchev–Trinajstić information content (AvgIpc) is 2.08. The van der Waals surface area contributed by atoms with Gasteiger partial charge in [-0.05, 0) is 20.3 Å². The molecule has 2 nitrogen and oxygen atoms in total. The van der Waals surface area contributed by atoms with E-state index >= 15 is 0 Å². The summed E-state index contributed by atoms with van der Waals surface area (Å²) in [4.78, 5) is 0. The quantitative estimate of drug-likeness (QED) is 0.661. The summed E-state index contributed by atoms with van der Waals surface area (Å²) < 4.78 is 0. The normalized spacial score (nSPS) is 28.8. The lowest BCUT2D eigenvalue weighted by atomic mass is 9.91. The van der Waals surface area contributed by atoms with Gasteiger partial charge in [-0.25, -0.2) is 0 Å². The predicted octanol–water partition coefficient (Wildman–Crippen LogP) is 1.20. The van der Waals surface area contributed by atoms with Crippen molar-refractivity contribution in [3.05, 3.63) is 23.8 Å². The maximum Gasteiger partial charge on any atom is 0.0374 e. The van der Waals surface area contributed by atoms with Crippen LogP contribution in [0.4, 0.5) is 0 Å². The molecule has 0 spiro atoms. The van der Waals surface area contributed by atoms with E-state index in [1.807, 2.05) is 0 Å². The summed E-state index contributed by atoms with van der Waals surface area (Å²) in [6, 6.07) is 0. The van der Waals surface area contributed by atoms with Crippen molar-refractivity contribution in [1.82, 2.24) is 5.32 Å². The van der Waals surface area contributed by atoms with Crippen molar-refractivity contribution in [2.24, 2.45) is 5.73 Å². The van der Waals surface area contributed by atoms with Crippen LogP contribution in [0.15, 0.2) is 23.8 Å². The molecule has 12 heavy (non-hydrogen) atoms. The van der Waals surface area contributed by atoms with Crippen molar-refractivity contribution < 1.29 is 0 Å². The zero-order valence-electron chi connectivity index (χ0n) is 7.93. The van der Waals surface area contributed by atoms with E-state index in [0.717, 1.165) is 13.0 Å². The topological polar surface area (TPSA) is 38.0 Å². The van der Waals surface area contributed by atoms with Crippen LogP contribution < -0.4 is 11.1 Å². The molecule has 0 heterocycles. The van der Waals surface area contributed by atoms with Crippen LogP contribution in [0.2, 0.25) is 0 Å². The Balaban J connectivity index is 2.47. The highest BCUT2D eigenvalue weighted by Crippen LogP contribution is 2.19. The summed E-state index contributed by atoms with van der Waals surface area (Å²) in [6.45, 7) is 5.90. The summed E-state index contributed by atoms with van der Waals surface area (Å²) in [6.07, 6.45) is 7.70. The van der Waals surface area contributed by atoms with Gasteiger partial charge in [-0.15, -0.1) is 0 Å². The minimum atomic E-state index is 0.124. The van der Waals surface area contributed by atoms with Gasteiger partial charge in [0.1, 0.15) is 0 Å². The van der Waals surface area contributed by atoms with E-state index < -0.39 is 0 Å². The second kappa shape index (κ2) is 3.87. The summed E-state index contributed by atoms with van der Waals surface area (Å²) in [7, 11) is 0. The zero-order chi connectivity index (χ0) is 9.03. The molecule has 0 bridgehead atoms. The van der Waals surface area contributed by atoms with E-state index in [9.17, 15) is 0 Å². The van der Waals surface area contributed by atoms with Gasteiger partial charge in [0.15, 0.2) is 0 Å². The Morgan fingerprint density at radius 1 is 1.67 bits per heavy atom. The molecule has 0 aromatic rings. The third-order valence-electron chi connectivity index (χ3n) is 2.24. The van der Waals surface area contributed by atoms with Crippen molar-refractivity contribution in [3.8, 4) is 0 Å². The van der Waals surface area contributed by atoms with Gasteiger partial charge >= 0.3 is 0 Å². The van der Waals surface area contributed by atoms with Crippen LogP contribution in [-0.4, -0.2) is 18.6 Å². The van der Waals surface area contributed by atoms with Gasteiger partial charge in [-0.2, -0.15) is 0 Å². The van der Waals surface area contributed by atoms with E-state index in [1.165, 1.54) is 5.57 Å². The highest BCUT2D eigenvalue weighted by Gasteiger charge is 2.19. The van der Waals surface area contributed by atoms with E-state index in [-0.39, 0.29) is 5.54 Å². The van der Waals surface area contributed by atoms with Gasteiger partial charge in [0.25, 0.3) is 0 Å². The van der Waals surface area contributed by atoms with E-state index in [0.29, 0.717) is 6.54 Å². The largest absolute Gasteiger partial charge is 0.329 e. The maximum atomic E-state index is 5.43. The molecule has 1 rings (SSSR count). The minimum Gasteiger partial charge on any atom is -0.329 e. The fourth-order valence-corrected chi connectivity index (χ4v) is 1.31. The fourth-order valence-electron chi connectivity index (χ4n) is 1.31. The van der Waals surface area contributed by atoms with Crippen molar-refractivity contribution >= 4 is 0 Å². The molecule has 1 aliphatic rings. The predicted molar refractivity (Wildman–Crippen MR) is 53.0 cm³/mol. The van der Waals surface area contributed by atoms with Gasteiger partial charge in [-0.3, -0.25) is 0 Å². The molecule has 1 aliphatic carbocycles. The summed E-state index contributed by atoms with van der Waals surface area (Å²) in [5.41, 5.74) is 6.90. The molecule has 0 amide bonds. The summed E-state index contributed by atoms with van der Waals surface area (Å²) in [5.74, 6) is 0. The van der Waals surface area contributed by atoms with Crippen LogP contribution in [0.5, 0.6) is 0 Å². The van der Waals surface area contributed by atoms with E-state index in [1.54, 1.807) is 0 Å². The second-order valence-corrected chi connectivity index (χ2v) is 3.62. The number of nitrogens with two attached hydrogens (primary N) is 1. The van der Waals surface area contributed by atoms with Crippen LogP contribution in [0, 0.1) is 0 Å². The van der Waals surface area contributed by atoms with Gasteiger partial charge in [-0.1, -0.05) is 23.8 Å². The van der Waals surface area contributed by atoms with E-state index in [4.69, 9.17) is 5.73 Å². The molecule has 0 aliphatic heterocycles. The Morgan fingerprint density at radius 3 is 2.92 bits per heavy atom. The lowest BCUT2D eigenvalue weighted by Crippen LogP contribution is -2.43. The first kappa shape index (κ1) is 9.49. The Labute approximate surface area is 74.5 Å². The van der Waals surface area contributed by atoms with Crippen LogP contribution in [0.3, 0.4) is 0 Å². The molecule has 0 aromatic heterocycles. The Bertz CT molecular complexity index is 206. The van der Waals surface area contributed by atoms with Gasteiger partial charge in [0.2, 0.25) is 0 Å². The zero-order valence-corrected chi connectivity index (χ0v) is 7.93. The Kier molecular flexibility index (Phi) is 3.06. The van der Waals surface area contributed by atoms with Crippen LogP contribution in [0.1, 0.15) is 20.3 Å². The number of nitrogens with one attached hydrogen (secondary N) is 1. The molecular weight excluding hydrogens is 148 g/mol. The highest BCUT2D eigenvalue weighted by atomic mass is 15.0. The molecule has 68 valence electrons. The maximum absolute atomic E-state index is 5.43. The third-order valence-corrected chi connectivity index (χ3v) is 2.24. The molecular formula is C10H18N2. The van der Waals surface area contributed by atoms with Crippen molar-refractivity contribution in [1.29, 1.82) is 0 Å². The molecule has 2 heteroatoms. The van der Waals surface area contributed by atoms with Crippen molar-refractivity contribution in [3.63, 3.8) is 0 Å². The highest BCUT2D eigenvalue weighted by molar-refractivity contribution is 5.26. The van der Waals surface area contributed by atoms with E-state index in [2.05, 4.69) is 37.4 Å². The van der Waals surface area contributed by atoms with Gasteiger partial charge in [0.05, 0.1) is 0 Å². The molecule has 0 aromatic carbocycles. The molecule has 0 fully saturated rings. The first-order valence-corrected chi connectivity index (χ1v) is 4.47. The molecule has 0 saturated heterocycles. The summed E-state index contributed by atoms with van der Waals surface area (Å²) >= 11 is 0. The van der Waals surface area contributed by atoms with Crippen molar-refractivity contribution in [2.75, 3.05) is 13.1 Å². The smallest absolute Gasteiger partial charge is 0.0374 e. The van der Waals surface area contributed by atoms with Crippen LogP contribution >= 0.6 is 0 Å². The van der Waals surface area contributed by atoms with Gasteiger partial charge < -0.3 is 11.1 Å². The lowest BCUT2D eigenvalue weighted by Gasteiger charge is -2.28.